The number of carbonyl (C=O) groups excluding carboxylic acids is 1. The van der Waals surface area contributed by atoms with Crippen molar-refractivity contribution in [1.29, 1.82) is 0 Å². The first kappa shape index (κ1) is 18.8. The molecule has 2 atom stereocenters. The summed E-state index contributed by atoms with van der Waals surface area (Å²) in [5.74, 6) is 1.14. The summed E-state index contributed by atoms with van der Waals surface area (Å²) < 4.78 is 0. The summed E-state index contributed by atoms with van der Waals surface area (Å²) in [6.45, 7) is 4.70. The van der Waals surface area contributed by atoms with E-state index in [-0.39, 0.29) is 18.3 Å². The molecule has 21 heavy (non-hydrogen) atoms. The quantitative estimate of drug-likeness (QED) is 0.738. The molecule has 124 valence electrons. The summed E-state index contributed by atoms with van der Waals surface area (Å²) in [6.07, 6.45) is 13.5. The Kier molecular flexibility index (Phi) is 9.34. The molecular weight excluding hydrogens is 284 g/mol. The van der Waals surface area contributed by atoms with Crippen LogP contribution in [0.3, 0.4) is 0 Å². The van der Waals surface area contributed by atoms with Gasteiger partial charge in [0, 0.05) is 26.1 Å². The third kappa shape index (κ3) is 6.56. The van der Waals surface area contributed by atoms with Crippen molar-refractivity contribution in [1.82, 2.24) is 10.2 Å². The summed E-state index contributed by atoms with van der Waals surface area (Å²) in [5, 5.41) is 3.50. The van der Waals surface area contributed by atoms with Crippen LogP contribution in [0.15, 0.2) is 0 Å². The van der Waals surface area contributed by atoms with Gasteiger partial charge in [0.1, 0.15) is 0 Å². The van der Waals surface area contributed by atoms with Gasteiger partial charge in [-0.1, -0.05) is 38.5 Å². The molecule has 1 aliphatic carbocycles. The fraction of sp³-hybridized carbons (Fsp3) is 0.941. The molecule has 3 nitrogen and oxygen atoms in total. The van der Waals surface area contributed by atoms with E-state index in [1.807, 2.05) is 0 Å². The maximum Gasteiger partial charge on any atom is 0.219 e. The van der Waals surface area contributed by atoms with Crippen LogP contribution in [0, 0.1) is 5.92 Å². The molecule has 2 aliphatic rings. The number of nitrogens with zero attached hydrogens (tertiary/aromatic N) is 1. The van der Waals surface area contributed by atoms with E-state index in [1.54, 1.807) is 6.92 Å². The van der Waals surface area contributed by atoms with Crippen LogP contribution < -0.4 is 5.32 Å². The number of rotatable bonds is 0. The molecule has 1 amide bonds. The average Bonchev–Trinajstić information content (AvgIpc) is 2.86. The van der Waals surface area contributed by atoms with E-state index in [2.05, 4.69) is 10.2 Å². The lowest BCUT2D eigenvalue weighted by atomic mass is 9.98. The molecular formula is C17H33ClN2O. The van der Waals surface area contributed by atoms with Crippen molar-refractivity contribution < 1.29 is 4.79 Å². The minimum absolute atomic E-state index is 0. The lowest BCUT2D eigenvalue weighted by molar-refractivity contribution is -0.131. The molecule has 1 heterocycles. The Morgan fingerprint density at radius 1 is 0.952 bits per heavy atom. The molecule has 1 aliphatic heterocycles. The predicted octanol–water partition coefficient (Wildman–Crippen LogP) is 3.76. The van der Waals surface area contributed by atoms with E-state index in [4.69, 9.17) is 0 Å². The Morgan fingerprint density at radius 3 is 2.43 bits per heavy atom. The molecule has 0 aromatic carbocycles. The van der Waals surface area contributed by atoms with Crippen molar-refractivity contribution >= 4 is 18.3 Å². The van der Waals surface area contributed by atoms with Crippen LogP contribution >= 0.6 is 12.4 Å². The van der Waals surface area contributed by atoms with E-state index < -0.39 is 0 Å². The van der Waals surface area contributed by atoms with E-state index in [9.17, 15) is 4.79 Å². The Morgan fingerprint density at radius 2 is 1.67 bits per heavy atom. The van der Waals surface area contributed by atoms with Crippen LogP contribution in [0.2, 0.25) is 0 Å². The van der Waals surface area contributed by atoms with Gasteiger partial charge >= 0.3 is 0 Å². The van der Waals surface area contributed by atoms with Crippen molar-refractivity contribution in [3.8, 4) is 0 Å². The van der Waals surface area contributed by atoms with Crippen LogP contribution in [-0.2, 0) is 4.79 Å². The zero-order valence-corrected chi connectivity index (χ0v) is 14.4. The Balaban J connectivity index is 0.00000220. The number of nitrogens with one attached hydrogen (secondary N) is 1. The van der Waals surface area contributed by atoms with Gasteiger partial charge in [-0.25, -0.2) is 0 Å². The molecule has 0 aromatic heterocycles. The monoisotopic (exact) mass is 316 g/mol. The van der Waals surface area contributed by atoms with Gasteiger partial charge in [-0.05, 0) is 38.1 Å². The van der Waals surface area contributed by atoms with Gasteiger partial charge in [0.2, 0.25) is 5.91 Å². The Hall–Kier alpha value is -0.280. The van der Waals surface area contributed by atoms with Crippen LogP contribution in [0.1, 0.15) is 71.1 Å². The molecule has 1 unspecified atom stereocenters. The average molecular weight is 317 g/mol. The van der Waals surface area contributed by atoms with Gasteiger partial charge in [0.25, 0.3) is 0 Å². The normalized spacial score (nSPS) is 29.1. The second kappa shape index (κ2) is 10.4. The molecule has 2 fully saturated rings. The van der Waals surface area contributed by atoms with Gasteiger partial charge in [-0.15, -0.1) is 12.4 Å². The van der Waals surface area contributed by atoms with Crippen LogP contribution in [0.5, 0.6) is 0 Å². The summed E-state index contributed by atoms with van der Waals surface area (Å²) in [7, 11) is 0. The second-order valence-electron chi connectivity index (χ2n) is 6.71. The largest absolute Gasteiger partial charge is 0.339 e. The number of fused-ring (bicyclic) bond motifs is 2. The SMILES string of the molecule is CC(=O)N1CCNCCCCCCCCC2CC[C@H]1C2.Cl. The van der Waals surface area contributed by atoms with E-state index in [1.165, 1.54) is 64.2 Å². The van der Waals surface area contributed by atoms with Crippen LogP contribution in [0.25, 0.3) is 0 Å². The summed E-state index contributed by atoms with van der Waals surface area (Å²) in [4.78, 5) is 14.0. The number of halogens is 1. The number of hydrogen-bond acceptors (Lipinski definition) is 2. The number of amides is 1. The third-order valence-corrected chi connectivity index (χ3v) is 5.10. The number of hydrogen-bond donors (Lipinski definition) is 1. The predicted molar refractivity (Wildman–Crippen MR) is 91.0 cm³/mol. The van der Waals surface area contributed by atoms with Crippen molar-refractivity contribution in [2.45, 2.75) is 77.2 Å². The first-order valence-corrected chi connectivity index (χ1v) is 8.75. The van der Waals surface area contributed by atoms with E-state index in [0.29, 0.717) is 6.04 Å². The zero-order valence-electron chi connectivity index (χ0n) is 13.6. The topological polar surface area (TPSA) is 32.3 Å². The lowest BCUT2D eigenvalue weighted by Gasteiger charge is -2.28. The van der Waals surface area contributed by atoms with Crippen molar-refractivity contribution in [3.63, 3.8) is 0 Å². The molecule has 1 saturated heterocycles. The first-order valence-electron chi connectivity index (χ1n) is 8.75. The van der Waals surface area contributed by atoms with Crippen LogP contribution in [-0.4, -0.2) is 36.5 Å². The van der Waals surface area contributed by atoms with Crippen molar-refractivity contribution in [2.75, 3.05) is 19.6 Å². The highest BCUT2D eigenvalue weighted by Gasteiger charge is 2.29. The molecule has 0 aromatic rings. The van der Waals surface area contributed by atoms with Gasteiger partial charge in [-0.2, -0.15) is 0 Å². The standard InChI is InChI=1S/C17H32N2O.ClH/c1-15(20)19-13-12-18-11-7-5-3-2-4-6-8-16-9-10-17(19)14-16;/h16-18H,2-14H2,1H3;1H/t16?,17-;/m0./s1. The highest BCUT2D eigenvalue weighted by atomic mass is 35.5. The van der Waals surface area contributed by atoms with Gasteiger partial charge in [0.05, 0.1) is 0 Å². The second-order valence-corrected chi connectivity index (χ2v) is 6.71. The van der Waals surface area contributed by atoms with E-state index in [0.717, 1.165) is 25.6 Å². The summed E-state index contributed by atoms with van der Waals surface area (Å²) in [5.41, 5.74) is 0. The number of carbonyl (C=O) groups is 1. The molecule has 2 rings (SSSR count). The molecule has 1 N–H and O–H groups in total. The van der Waals surface area contributed by atoms with E-state index >= 15 is 0 Å². The minimum Gasteiger partial charge on any atom is -0.339 e. The third-order valence-electron chi connectivity index (χ3n) is 5.10. The minimum atomic E-state index is 0. The molecule has 1 saturated carbocycles. The highest BCUT2D eigenvalue weighted by Crippen LogP contribution is 2.33. The van der Waals surface area contributed by atoms with Gasteiger partial charge in [0.15, 0.2) is 0 Å². The lowest BCUT2D eigenvalue weighted by Crippen LogP contribution is -2.42. The van der Waals surface area contributed by atoms with Crippen molar-refractivity contribution in [3.05, 3.63) is 0 Å². The Labute approximate surface area is 136 Å². The summed E-state index contributed by atoms with van der Waals surface area (Å²) in [6, 6.07) is 0.518. The maximum atomic E-state index is 11.9. The molecule has 0 spiro atoms. The molecule has 2 bridgehead atoms. The van der Waals surface area contributed by atoms with Crippen molar-refractivity contribution in [2.24, 2.45) is 5.92 Å². The zero-order chi connectivity index (χ0) is 14.2. The summed E-state index contributed by atoms with van der Waals surface area (Å²) >= 11 is 0. The molecule has 0 radical (unpaired) electrons. The molecule has 4 heteroatoms. The highest BCUT2D eigenvalue weighted by molar-refractivity contribution is 5.85. The first-order chi connectivity index (χ1) is 9.77. The fourth-order valence-corrected chi connectivity index (χ4v) is 3.91. The van der Waals surface area contributed by atoms with Gasteiger partial charge < -0.3 is 10.2 Å². The smallest absolute Gasteiger partial charge is 0.219 e. The Bertz CT molecular complexity index is 299. The maximum absolute atomic E-state index is 11.9. The van der Waals surface area contributed by atoms with Gasteiger partial charge in [-0.3, -0.25) is 4.79 Å². The van der Waals surface area contributed by atoms with Crippen LogP contribution in [0.4, 0.5) is 0 Å². The fourth-order valence-electron chi connectivity index (χ4n) is 3.91.